The summed E-state index contributed by atoms with van der Waals surface area (Å²) >= 11 is 0. The molecule has 24 heavy (non-hydrogen) atoms. The maximum Gasteiger partial charge on any atom is 0.191 e. The van der Waals surface area contributed by atoms with Crippen LogP contribution < -0.4 is 10.6 Å². The number of nitrogens with zero attached hydrogens (tertiary/aromatic N) is 1. The molecule has 7 heteroatoms. The van der Waals surface area contributed by atoms with Crippen LogP contribution in [0.2, 0.25) is 0 Å². The highest BCUT2D eigenvalue weighted by atomic mass is 127. The van der Waals surface area contributed by atoms with E-state index in [0.717, 1.165) is 50.7 Å². The first kappa shape index (κ1) is 23.2. The number of halogens is 1. The monoisotopic (exact) mass is 453 g/mol. The smallest absolute Gasteiger partial charge is 0.191 e. The first-order chi connectivity index (χ1) is 11.4. The molecule has 0 fully saturated rings. The number of unbranched alkanes of at least 4 members (excludes halogenated alkanes) is 1. The Labute approximate surface area is 162 Å². The fourth-order valence-corrected chi connectivity index (χ4v) is 1.89. The Morgan fingerprint density at radius 1 is 1.12 bits per heavy atom. The summed E-state index contributed by atoms with van der Waals surface area (Å²) in [6.45, 7) is 9.16. The molecule has 6 nitrogen and oxygen atoms in total. The van der Waals surface area contributed by atoms with Crippen molar-refractivity contribution in [2.75, 3.05) is 46.1 Å². The van der Waals surface area contributed by atoms with E-state index in [1.54, 1.807) is 6.26 Å². The quantitative estimate of drug-likeness (QED) is 0.208. The summed E-state index contributed by atoms with van der Waals surface area (Å²) < 4.78 is 16.2. The van der Waals surface area contributed by atoms with Crippen LogP contribution in [0.5, 0.6) is 0 Å². The van der Waals surface area contributed by atoms with E-state index in [4.69, 9.17) is 13.9 Å². The molecule has 140 valence electrons. The first-order valence-electron chi connectivity index (χ1n) is 8.56. The van der Waals surface area contributed by atoms with Gasteiger partial charge in [0, 0.05) is 26.1 Å². The lowest BCUT2D eigenvalue weighted by Gasteiger charge is -2.10. The van der Waals surface area contributed by atoms with Crippen molar-refractivity contribution in [2.45, 2.75) is 33.1 Å². The van der Waals surface area contributed by atoms with Gasteiger partial charge in [-0.15, -0.1) is 24.0 Å². The Kier molecular flexibility index (Phi) is 16.5. The van der Waals surface area contributed by atoms with Crippen molar-refractivity contribution in [2.24, 2.45) is 4.99 Å². The van der Waals surface area contributed by atoms with Crippen LogP contribution >= 0.6 is 24.0 Å². The molecule has 0 radical (unpaired) electrons. The third-order valence-electron chi connectivity index (χ3n) is 3.11. The predicted octanol–water partition coefficient (Wildman–Crippen LogP) is 2.83. The highest BCUT2D eigenvalue weighted by Gasteiger charge is 1.99. The van der Waals surface area contributed by atoms with Crippen molar-refractivity contribution in [1.82, 2.24) is 10.6 Å². The average molecular weight is 453 g/mol. The summed E-state index contributed by atoms with van der Waals surface area (Å²) in [5.41, 5.74) is 0. The summed E-state index contributed by atoms with van der Waals surface area (Å²) in [4.78, 5) is 4.48. The largest absolute Gasteiger partial charge is 0.469 e. The van der Waals surface area contributed by atoms with Crippen molar-refractivity contribution < 1.29 is 13.9 Å². The van der Waals surface area contributed by atoms with E-state index in [1.807, 2.05) is 19.1 Å². The van der Waals surface area contributed by atoms with E-state index in [0.29, 0.717) is 26.4 Å². The van der Waals surface area contributed by atoms with E-state index >= 15 is 0 Å². The normalized spacial score (nSPS) is 11.2. The van der Waals surface area contributed by atoms with Gasteiger partial charge in [-0.05, 0) is 25.5 Å². The molecule has 1 aromatic rings. The van der Waals surface area contributed by atoms with Gasteiger partial charge in [-0.25, -0.2) is 0 Å². The molecular formula is C17H32IN3O3. The number of rotatable bonds is 13. The van der Waals surface area contributed by atoms with Crippen LogP contribution in [-0.2, 0) is 15.9 Å². The van der Waals surface area contributed by atoms with E-state index in [2.05, 4.69) is 22.5 Å². The van der Waals surface area contributed by atoms with Gasteiger partial charge in [0.2, 0.25) is 0 Å². The average Bonchev–Trinajstić information content (AvgIpc) is 3.06. The Balaban J connectivity index is 0.00000529. The molecule has 0 aliphatic rings. The van der Waals surface area contributed by atoms with Gasteiger partial charge in [0.15, 0.2) is 5.96 Å². The lowest BCUT2D eigenvalue weighted by Crippen LogP contribution is -2.38. The Morgan fingerprint density at radius 2 is 1.92 bits per heavy atom. The van der Waals surface area contributed by atoms with Crippen molar-refractivity contribution >= 4 is 29.9 Å². The second kappa shape index (κ2) is 17.0. The van der Waals surface area contributed by atoms with Gasteiger partial charge in [-0.2, -0.15) is 0 Å². The molecule has 0 aliphatic carbocycles. The molecule has 1 aromatic heterocycles. The van der Waals surface area contributed by atoms with Gasteiger partial charge >= 0.3 is 0 Å². The maximum atomic E-state index is 5.50. The number of aliphatic imine (C=N–C) groups is 1. The molecule has 1 heterocycles. The fraction of sp³-hybridized carbons (Fsp3) is 0.706. The molecule has 2 N–H and O–H groups in total. The van der Waals surface area contributed by atoms with Gasteiger partial charge in [-0.3, -0.25) is 4.99 Å². The number of hydrogen-bond donors (Lipinski definition) is 2. The van der Waals surface area contributed by atoms with E-state index in [9.17, 15) is 0 Å². The molecule has 1 rings (SSSR count). The predicted molar refractivity (Wildman–Crippen MR) is 108 cm³/mol. The highest BCUT2D eigenvalue weighted by molar-refractivity contribution is 14.0. The Morgan fingerprint density at radius 3 is 2.58 bits per heavy atom. The SMILES string of the molecule is CCCCOCCOCCN=C(NCC)NCCc1ccco1.I. The summed E-state index contributed by atoms with van der Waals surface area (Å²) in [5, 5.41) is 6.50. The zero-order valence-electron chi connectivity index (χ0n) is 14.9. The van der Waals surface area contributed by atoms with Crippen LogP contribution in [0.15, 0.2) is 27.8 Å². The van der Waals surface area contributed by atoms with E-state index in [-0.39, 0.29) is 24.0 Å². The first-order valence-corrected chi connectivity index (χ1v) is 8.56. The van der Waals surface area contributed by atoms with Crippen LogP contribution in [0, 0.1) is 0 Å². The highest BCUT2D eigenvalue weighted by Crippen LogP contribution is 1.99. The standard InChI is InChI=1S/C17H31N3O3.HI/c1-3-5-11-21-14-15-22-13-10-20-17(18-4-2)19-9-8-16-7-6-12-23-16;/h6-7,12H,3-5,8-11,13-15H2,1-2H3,(H2,18,19,20);1H. The van der Waals surface area contributed by atoms with Gasteiger partial charge < -0.3 is 24.5 Å². The molecule has 0 saturated heterocycles. The summed E-state index contributed by atoms with van der Waals surface area (Å²) in [5.74, 6) is 1.78. The Hall–Kier alpha value is -0.800. The third-order valence-corrected chi connectivity index (χ3v) is 3.11. The van der Waals surface area contributed by atoms with Crippen LogP contribution in [0.1, 0.15) is 32.4 Å². The van der Waals surface area contributed by atoms with Gasteiger partial charge in [0.05, 0.1) is 32.6 Å². The van der Waals surface area contributed by atoms with Crippen molar-refractivity contribution in [3.8, 4) is 0 Å². The van der Waals surface area contributed by atoms with Crippen LogP contribution in [0.3, 0.4) is 0 Å². The minimum atomic E-state index is 0. The number of furan rings is 1. The minimum absolute atomic E-state index is 0. The van der Waals surface area contributed by atoms with Gasteiger partial charge in [-0.1, -0.05) is 13.3 Å². The zero-order valence-corrected chi connectivity index (χ0v) is 17.2. The maximum absolute atomic E-state index is 5.50. The lowest BCUT2D eigenvalue weighted by atomic mass is 10.3. The molecule has 0 atom stereocenters. The van der Waals surface area contributed by atoms with Crippen LogP contribution in [0.4, 0.5) is 0 Å². The molecule has 0 amide bonds. The molecule has 0 aromatic carbocycles. The van der Waals surface area contributed by atoms with Crippen LogP contribution in [0.25, 0.3) is 0 Å². The molecule has 0 aliphatic heterocycles. The number of ether oxygens (including phenoxy) is 2. The summed E-state index contributed by atoms with van der Waals surface area (Å²) in [7, 11) is 0. The molecule has 0 bridgehead atoms. The van der Waals surface area contributed by atoms with Crippen molar-refractivity contribution in [3.05, 3.63) is 24.2 Å². The number of hydrogen-bond acceptors (Lipinski definition) is 4. The van der Waals surface area contributed by atoms with Crippen LogP contribution in [-0.4, -0.2) is 52.0 Å². The molecule has 0 unspecified atom stereocenters. The third kappa shape index (κ3) is 12.6. The topological polar surface area (TPSA) is 68.0 Å². The van der Waals surface area contributed by atoms with Gasteiger partial charge in [0.1, 0.15) is 5.76 Å². The van der Waals surface area contributed by atoms with Gasteiger partial charge in [0.25, 0.3) is 0 Å². The summed E-state index contributed by atoms with van der Waals surface area (Å²) in [6.07, 6.45) is 4.80. The van der Waals surface area contributed by atoms with Crippen molar-refractivity contribution in [1.29, 1.82) is 0 Å². The minimum Gasteiger partial charge on any atom is -0.469 e. The lowest BCUT2D eigenvalue weighted by molar-refractivity contribution is 0.0497. The number of nitrogens with one attached hydrogen (secondary N) is 2. The molecular weight excluding hydrogens is 421 g/mol. The number of guanidine groups is 1. The Bertz CT molecular complexity index is 400. The van der Waals surface area contributed by atoms with E-state index in [1.165, 1.54) is 0 Å². The molecule has 0 spiro atoms. The molecule has 0 saturated carbocycles. The second-order valence-electron chi connectivity index (χ2n) is 5.10. The van der Waals surface area contributed by atoms with Crippen molar-refractivity contribution in [3.63, 3.8) is 0 Å². The summed E-state index contributed by atoms with van der Waals surface area (Å²) in [6, 6.07) is 3.88. The van der Waals surface area contributed by atoms with E-state index < -0.39 is 0 Å². The second-order valence-corrected chi connectivity index (χ2v) is 5.10. The fourth-order valence-electron chi connectivity index (χ4n) is 1.89. The zero-order chi connectivity index (χ0) is 16.6.